The number of aromatic nitrogens is 1. The summed E-state index contributed by atoms with van der Waals surface area (Å²) < 4.78 is 23.3. The largest absolute Gasteiger partial charge is 0.351 e. The average Bonchev–Trinajstić information content (AvgIpc) is 3.19. The summed E-state index contributed by atoms with van der Waals surface area (Å²) in [5.74, 6) is -0.504. The number of amides is 2. The van der Waals surface area contributed by atoms with Crippen LogP contribution in [0.5, 0.6) is 0 Å². The van der Waals surface area contributed by atoms with Gasteiger partial charge in [-0.2, -0.15) is 5.10 Å². The minimum atomic E-state index is -3.12. The van der Waals surface area contributed by atoms with Gasteiger partial charge in [-0.1, -0.05) is 0 Å². The fourth-order valence-corrected chi connectivity index (χ4v) is 5.72. The van der Waals surface area contributed by atoms with Gasteiger partial charge >= 0.3 is 0 Å². The Morgan fingerprint density at radius 2 is 2.19 bits per heavy atom. The summed E-state index contributed by atoms with van der Waals surface area (Å²) in [6.07, 6.45) is 3.52. The van der Waals surface area contributed by atoms with Crippen LogP contribution in [0.2, 0.25) is 0 Å². The lowest BCUT2D eigenvalue weighted by molar-refractivity contribution is -0.133. The van der Waals surface area contributed by atoms with E-state index in [1.54, 1.807) is 11.3 Å². The van der Waals surface area contributed by atoms with Crippen LogP contribution in [0.15, 0.2) is 10.5 Å². The third-order valence-electron chi connectivity index (χ3n) is 4.65. The molecule has 0 aromatic carbocycles. The van der Waals surface area contributed by atoms with E-state index < -0.39 is 15.9 Å². The van der Waals surface area contributed by atoms with Gasteiger partial charge in [-0.05, 0) is 32.6 Å². The Morgan fingerprint density at radius 3 is 2.85 bits per heavy atom. The van der Waals surface area contributed by atoms with E-state index in [9.17, 15) is 18.0 Å². The van der Waals surface area contributed by atoms with Gasteiger partial charge in [0.05, 0.1) is 22.6 Å². The molecule has 2 amide bonds. The highest BCUT2D eigenvalue weighted by atomic mass is 32.2. The Labute approximate surface area is 163 Å². The predicted octanol–water partition coefficient (Wildman–Crippen LogP) is 1.06. The first kappa shape index (κ1) is 19.9. The van der Waals surface area contributed by atoms with Crippen LogP contribution in [-0.2, 0) is 25.8 Å². The van der Waals surface area contributed by atoms with Gasteiger partial charge in [0.2, 0.25) is 5.91 Å². The Hall–Kier alpha value is -1.81. The van der Waals surface area contributed by atoms with Crippen molar-refractivity contribution >= 4 is 38.7 Å². The molecule has 0 bridgehead atoms. The van der Waals surface area contributed by atoms with E-state index in [0.29, 0.717) is 25.1 Å². The molecule has 27 heavy (non-hydrogen) atoms. The first-order valence-electron chi connectivity index (χ1n) is 9.13. The molecule has 1 aromatic rings. The zero-order chi connectivity index (χ0) is 19.4. The number of sulfone groups is 1. The van der Waals surface area contributed by atoms with Crippen LogP contribution >= 0.6 is 11.3 Å². The fourth-order valence-electron chi connectivity index (χ4n) is 3.21. The standard InChI is InChI=1S/C17H24N4O4S2/c1-12-10-26-15(19-12)4-2-3-8-18-17(23)14-5-6-16(22)21(20-14)13-7-9-27(24,25)11-13/h10,13H,2-9,11H2,1H3,(H,18,23). The maximum Gasteiger partial charge on any atom is 0.267 e. The molecule has 2 aliphatic rings. The highest BCUT2D eigenvalue weighted by molar-refractivity contribution is 7.91. The number of aryl methyl sites for hydroxylation is 2. The molecule has 0 saturated carbocycles. The minimum absolute atomic E-state index is 0.0666. The van der Waals surface area contributed by atoms with Crippen molar-refractivity contribution in [3.63, 3.8) is 0 Å². The van der Waals surface area contributed by atoms with Crippen molar-refractivity contribution in [2.45, 2.75) is 51.5 Å². The molecule has 0 radical (unpaired) electrons. The molecule has 0 spiro atoms. The molecule has 1 atom stereocenters. The van der Waals surface area contributed by atoms with Crippen molar-refractivity contribution in [1.29, 1.82) is 0 Å². The Kier molecular flexibility index (Phi) is 6.25. The van der Waals surface area contributed by atoms with Gasteiger partial charge in [-0.15, -0.1) is 11.3 Å². The molecule has 1 N–H and O–H groups in total. The number of unbranched alkanes of at least 4 members (excludes halogenated alkanes) is 1. The summed E-state index contributed by atoms with van der Waals surface area (Å²) in [5.41, 5.74) is 1.34. The molecule has 0 aliphatic carbocycles. The van der Waals surface area contributed by atoms with Crippen molar-refractivity contribution in [3.8, 4) is 0 Å². The van der Waals surface area contributed by atoms with E-state index in [2.05, 4.69) is 15.4 Å². The average molecular weight is 413 g/mol. The maximum atomic E-state index is 12.3. The molecule has 1 fully saturated rings. The summed E-state index contributed by atoms with van der Waals surface area (Å²) in [5, 5.41) is 11.4. The van der Waals surface area contributed by atoms with Gasteiger partial charge in [-0.3, -0.25) is 9.59 Å². The van der Waals surface area contributed by atoms with Crippen LogP contribution in [0.25, 0.3) is 0 Å². The minimum Gasteiger partial charge on any atom is -0.351 e. The highest BCUT2D eigenvalue weighted by Crippen LogP contribution is 2.22. The molecule has 10 heteroatoms. The van der Waals surface area contributed by atoms with Gasteiger partial charge in [0.25, 0.3) is 5.91 Å². The second kappa shape index (κ2) is 8.47. The second-order valence-electron chi connectivity index (χ2n) is 6.94. The molecule has 1 saturated heterocycles. The lowest BCUT2D eigenvalue weighted by atomic mass is 10.1. The predicted molar refractivity (Wildman–Crippen MR) is 103 cm³/mol. The number of thiazole rings is 1. The van der Waals surface area contributed by atoms with Crippen LogP contribution in [0, 0.1) is 6.92 Å². The summed E-state index contributed by atoms with van der Waals surface area (Å²) in [6, 6.07) is -0.452. The third kappa shape index (κ3) is 5.35. The van der Waals surface area contributed by atoms with Crippen molar-refractivity contribution in [2.75, 3.05) is 18.1 Å². The first-order chi connectivity index (χ1) is 12.8. The zero-order valence-electron chi connectivity index (χ0n) is 15.3. The SMILES string of the molecule is Cc1csc(CCCCNC(=O)C2=NN(C3CCS(=O)(=O)C3)C(=O)CC2)n1. The second-order valence-corrected chi connectivity index (χ2v) is 10.1. The molecule has 8 nitrogen and oxygen atoms in total. The molecular weight excluding hydrogens is 388 g/mol. The highest BCUT2D eigenvalue weighted by Gasteiger charge is 2.37. The van der Waals surface area contributed by atoms with Crippen molar-refractivity contribution < 1.29 is 18.0 Å². The number of hydrogen-bond acceptors (Lipinski definition) is 7. The molecule has 3 rings (SSSR count). The van der Waals surface area contributed by atoms with Gasteiger partial charge < -0.3 is 5.32 Å². The molecule has 2 aliphatic heterocycles. The van der Waals surface area contributed by atoms with Gasteiger partial charge in [0, 0.05) is 30.5 Å². The maximum absolute atomic E-state index is 12.3. The van der Waals surface area contributed by atoms with Crippen LogP contribution in [0.3, 0.4) is 0 Å². The topological polar surface area (TPSA) is 109 Å². The monoisotopic (exact) mass is 412 g/mol. The van der Waals surface area contributed by atoms with Crippen molar-refractivity contribution in [3.05, 3.63) is 16.1 Å². The number of carbonyl (C=O) groups is 2. The third-order valence-corrected chi connectivity index (χ3v) is 7.42. The summed E-state index contributed by atoms with van der Waals surface area (Å²) in [6.45, 7) is 2.51. The van der Waals surface area contributed by atoms with Crippen LogP contribution in [0.1, 0.15) is 42.8 Å². The molecule has 3 heterocycles. The normalized spacial score (nSPS) is 22.0. The summed E-state index contributed by atoms with van der Waals surface area (Å²) in [7, 11) is -3.12. The van der Waals surface area contributed by atoms with Crippen LogP contribution in [0.4, 0.5) is 0 Å². The Morgan fingerprint density at radius 1 is 1.37 bits per heavy atom. The fraction of sp³-hybridized carbons (Fsp3) is 0.647. The van der Waals surface area contributed by atoms with E-state index in [0.717, 1.165) is 30.0 Å². The van der Waals surface area contributed by atoms with E-state index in [1.807, 2.05) is 12.3 Å². The van der Waals surface area contributed by atoms with E-state index in [1.165, 1.54) is 5.01 Å². The lowest BCUT2D eigenvalue weighted by Gasteiger charge is -2.27. The summed E-state index contributed by atoms with van der Waals surface area (Å²) in [4.78, 5) is 28.8. The molecule has 1 unspecified atom stereocenters. The molecule has 1 aromatic heterocycles. The van der Waals surface area contributed by atoms with Gasteiger partial charge in [0.15, 0.2) is 9.84 Å². The van der Waals surface area contributed by atoms with E-state index >= 15 is 0 Å². The van der Waals surface area contributed by atoms with Gasteiger partial charge in [0.1, 0.15) is 5.71 Å². The number of rotatable bonds is 7. The van der Waals surface area contributed by atoms with E-state index in [-0.39, 0.29) is 29.7 Å². The van der Waals surface area contributed by atoms with E-state index in [4.69, 9.17) is 0 Å². The Balaban J connectivity index is 1.47. The quantitative estimate of drug-likeness (QED) is 0.674. The molecule has 148 valence electrons. The number of hydrazone groups is 1. The van der Waals surface area contributed by atoms with Crippen molar-refractivity contribution in [1.82, 2.24) is 15.3 Å². The smallest absolute Gasteiger partial charge is 0.267 e. The number of nitrogens with one attached hydrogen (secondary N) is 1. The van der Waals surface area contributed by atoms with Crippen molar-refractivity contribution in [2.24, 2.45) is 5.10 Å². The molecular formula is C17H24N4O4S2. The summed E-state index contributed by atoms with van der Waals surface area (Å²) >= 11 is 1.65. The van der Waals surface area contributed by atoms with Gasteiger partial charge in [-0.25, -0.2) is 18.4 Å². The lowest BCUT2D eigenvalue weighted by Crippen LogP contribution is -2.44. The van der Waals surface area contributed by atoms with Crippen LogP contribution < -0.4 is 5.32 Å². The van der Waals surface area contributed by atoms with Crippen LogP contribution in [-0.4, -0.2) is 60.0 Å². The number of carbonyl (C=O) groups excluding carboxylic acids is 2. The number of hydrogen-bond donors (Lipinski definition) is 1. The Bertz CT molecular complexity index is 847. The number of nitrogens with zero attached hydrogens (tertiary/aromatic N) is 3. The first-order valence-corrected chi connectivity index (χ1v) is 11.8. The zero-order valence-corrected chi connectivity index (χ0v) is 16.9.